The largest absolute Gasteiger partial charge is 1.00 e. The zero-order valence-electron chi connectivity index (χ0n) is 17.6. The molecule has 1 aromatic carbocycles. The number of aryl methyl sites for hydroxylation is 1. The number of hydrogen-bond donors (Lipinski definition) is 0. The van der Waals surface area contributed by atoms with Gasteiger partial charge in [-0.3, -0.25) is 14.3 Å². The van der Waals surface area contributed by atoms with Crippen LogP contribution in [0.3, 0.4) is 0 Å². The number of fused-ring (bicyclic) bond motifs is 4. The van der Waals surface area contributed by atoms with Gasteiger partial charge in [0.05, 0.1) is 11.9 Å². The van der Waals surface area contributed by atoms with Gasteiger partial charge in [-0.1, -0.05) is 6.42 Å². The first-order valence-electron chi connectivity index (χ1n) is 10.6. The molecule has 0 saturated carbocycles. The molecule has 1 N–H and O–H groups in total. The molecule has 1 fully saturated rings. The third-order valence-electron chi connectivity index (χ3n) is 6.25. The minimum atomic E-state index is -0.220. The average Bonchev–Trinajstić information content (AvgIpc) is 3.11. The van der Waals surface area contributed by atoms with E-state index in [0.29, 0.717) is 18.7 Å². The molecule has 0 unspecified atom stereocenters. The van der Waals surface area contributed by atoms with Crippen LogP contribution >= 0.6 is 0 Å². The number of aromatic nitrogens is 2. The Morgan fingerprint density at radius 2 is 1.97 bits per heavy atom. The van der Waals surface area contributed by atoms with Crippen LogP contribution in [0.1, 0.15) is 36.0 Å². The number of ether oxygens (including phenoxy) is 1. The Bertz CT molecular complexity index is 1240. The average molecular weight is 437 g/mol. The summed E-state index contributed by atoms with van der Waals surface area (Å²) < 4.78 is 7.70. The van der Waals surface area contributed by atoms with Gasteiger partial charge in [-0.25, -0.2) is 4.98 Å². The maximum absolute atomic E-state index is 12.7. The summed E-state index contributed by atoms with van der Waals surface area (Å²) in [5.41, 5.74) is 4.57. The molecule has 4 heterocycles. The molecule has 160 valence electrons. The number of nitrogens with zero attached hydrogens (tertiary/aromatic N) is 3. The Labute approximate surface area is 187 Å². The van der Waals surface area contributed by atoms with E-state index in [4.69, 9.17) is 4.74 Å². The summed E-state index contributed by atoms with van der Waals surface area (Å²) in [4.78, 5) is 18.6. The minimum absolute atomic E-state index is 0. The van der Waals surface area contributed by atoms with Crippen molar-refractivity contribution in [2.75, 3.05) is 26.2 Å². The maximum atomic E-state index is 12.7. The number of rotatable bonds is 4. The fourth-order valence-electron chi connectivity index (χ4n) is 4.61. The summed E-state index contributed by atoms with van der Waals surface area (Å²) in [7, 11) is 0. The molecule has 0 aliphatic carbocycles. The van der Waals surface area contributed by atoms with Gasteiger partial charge in [-0.05, 0) is 62.7 Å². The highest BCUT2D eigenvalue weighted by atomic mass is 35.5. The zero-order valence-corrected chi connectivity index (χ0v) is 18.3. The Morgan fingerprint density at radius 3 is 2.74 bits per heavy atom. The van der Waals surface area contributed by atoms with E-state index in [0.717, 1.165) is 40.1 Å². The molecule has 2 aromatic heterocycles. The summed E-state index contributed by atoms with van der Waals surface area (Å²) in [5, 5.41) is 10.4. The molecule has 5 rings (SSSR count). The van der Waals surface area contributed by atoms with Crippen molar-refractivity contribution in [3.8, 4) is 23.2 Å². The summed E-state index contributed by atoms with van der Waals surface area (Å²) in [6.07, 6.45) is 3.92. The van der Waals surface area contributed by atoms with Gasteiger partial charge in [-0.15, -0.1) is 0 Å². The van der Waals surface area contributed by atoms with E-state index in [2.05, 4.69) is 22.0 Å². The number of likely N-dealkylation sites (tertiary alicyclic amines) is 1. The normalized spacial score (nSPS) is 15.1. The fourth-order valence-corrected chi connectivity index (χ4v) is 4.61. The van der Waals surface area contributed by atoms with Crippen LogP contribution in [-0.4, -0.2) is 35.7 Å². The van der Waals surface area contributed by atoms with Crippen LogP contribution in [0.25, 0.3) is 22.3 Å². The second-order valence-electron chi connectivity index (χ2n) is 8.26. The Balaban J connectivity index is 0.00000231. The van der Waals surface area contributed by atoms with Crippen LogP contribution in [0.2, 0.25) is 0 Å². The lowest BCUT2D eigenvalue weighted by atomic mass is 10.1. The number of aromatic amines is 1. The predicted molar refractivity (Wildman–Crippen MR) is 115 cm³/mol. The van der Waals surface area contributed by atoms with Gasteiger partial charge < -0.3 is 17.1 Å². The molecule has 6 nitrogen and oxygen atoms in total. The smallest absolute Gasteiger partial charge is 0.269 e. The molecular formula is C24H25ClN4O2. The summed E-state index contributed by atoms with van der Waals surface area (Å²) in [6, 6.07) is 12.2. The number of H-pyrrole nitrogens is 1. The summed E-state index contributed by atoms with van der Waals surface area (Å²) in [6.45, 7) is 6.30. The van der Waals surface area contributed by atoms with Crippen LogP contribution in [0.5, 0.6) is 5.75 Å². The highest BCUT2D eigenvalue weighted by Crippen LogP contribution is 2.30. The van der Waals surface area contributed by atoms with Gasteiger partial charge >= 0.3 is 0 Å². The summed E-state index contributed by atoms with van der Waals surface area (Å²) >= 11 is 0. The van der Waals surface area contributed by atoms with Crippen LogP contribution in [0.15, 0.2) is 35.1 Å². The molecule has 7 heteroatoms. The van der Waals surface area contributed by atoms with Crippen molar-refractivity contribution in [3.05, 3.63) is 57.4 Å². The van der Waals surface area contributed by atoms with Crippen LogP contribution in [-0.2, 0) is 6.54 Å². The lowest BCUT2D eigenvalue weighted by Crippen LogP contribution is -3.00. The van der Waals surface area contributed by atoms with E-state index in [1.165, 1.54) is 32.4 Å². The number of benzene rings is 1. The Kier molecular flexibility index (Phi) is 5.99. The van der Waals surface area contributed by atoms with Gasteiger partial charge in [0.2, 0.25) is 11.2 Å². The molecule has 2 aliphatic heterocycles. The molecule has 2 aliphatic rings. The first-order chi connectivity index (χ1) is 14.6. The highest BCUT2D eigenvalue weighted by Gasteiger charge is 2.28. The van der Waals surface area contributed by atoms with Gasteiger partial charge in [-0.2, -0.15) is 5.26 Å². The van der Waals surface area contributed by atoms with E-state index in [1.54, 1.807) is 4.57 Å². The summed E-state index contributed by atoms with van der Waals surface area (Å²) in [5.74, 6) is 0.864. The van der Waals surface area contributed by atoms with E-state index in [1.807, 2.05) is 31.2 Å². The first kappa shape index (κ1) is 21.4. The second-order valence-corrected chi connectivity index (χ2v) is 8.26. The predicted octanol–water partition coefficient (Wildman–Crippen LogP) is -0.107. The molecular weight excluding hydrogens is 412 g/mol. The quantitative estimate of drug-likeness (QED) is 0.447. The molecule has 0 radical (unpaired) electrons. The molecule has 0 bridgehead atoms. The molecule has 3 aromatic rings. The highest BCUT2D eigenvalue weighted by molar-refractivity contribution is 5.81. The van der Waals surface area contributed by atoms with Crippen molar-refractivity contribution >= 4 is 10.9 Å². The van der Waals surface area contributed by atoms with E-state index >= 15 is 0 Å². The standard InChI is InChI=1S/C24H24N4O2.ClH/c1-16-11-22-23-18(15-28(22)24(29)20(16)14-25)12-17-13-19(5-6-21(17)26-23)30-10-9-27-7-3-2-4-8-27;/h5-6,11-13H,2-4,7-10,15H2,1H3;1H. The van der Waals surface area contributed by atoms with Crippen LogP contribution < -0.4 is 27.7 Å². The number of hydrogen-bond acceptors (Lipinski definition) is 4. The lowest BCUT2D eigenvalue weighted by molar-refractivity contribution is -0.331. The van der Waals surface area contributed by atoms with E-state index < -0.39 is 0 Å². The monoisotopic (exact) mass is 436 g/mol. The van der Waals surface area contributed by atoms with Crippen molar-refractivity contribution in [2.45, 2.75) is 32.7 Å². The van der Waals surface area contributed by atoms with Crippen molar-refractivity contribution in [1.29, 1.82) is 5.26 Å². The third kappa shape index (κ3) is 3.91. The Morgan fingerprint density at radius 1 is 1.16 bits per heavy atom. The van der Waals surface area contributed by atoms with Crippen molar-refractivity contribution in [3.63, 3.8) is 0 Å². The molecule has 0 spiro atoms. The van der Waals surface area contributed by atoms with Gasteiger partial charge in [0, 0.05) is 18.2 Å². The number of nitrogens with one attached hydrogen (secondary N) is 1. The topological polar surface area (TPSA) is 72.4 Å². The first-order valence-corrected chi connectivity index (χ1v) is 10.6. The van der Waals surface area contributed by atoms with Gasteiger partial charge in [0.1, 0.15) is 29.7 Å². The zero-order chi connectivity index (χ0) is 20.7. The van der Waals surface area contributed by atoms with Crippen molar-refractivity contribution in [1.82, 2.24) is 9.47 Å². The molecule has 31 heavy (non-hydrogen) atoms. The minimum Gasteiger partial charge on any atom is -1.00 e. The molecule has 0 amide bonds. The maximum Gasteiger partial charge on any atom is 0.269 e. The molecule has 0 atom stereocenters. The number of pyridine rings is 2. The van der Waals surface area contributed by atoms with E-state index in [9.17, 15) is 10.1 Å². The lowest BCUT2D eigenvalue weighted by Gasteiger charge is -2.26. The SMILES string of the molecule is Cc1cc2n(c(=O)c1C#N)Cc1cc3cc(OCCN4CCCCC4)ccc3[nH+]c1-2.[Cl-]. The van der Waals surface area contributed by atoms with Gasteiger partial charge in [0.15, 0.2) is 0 Å². The van der Waals surface area contributed by atoms with Gasteiger partial charge in [0.25, 0.3) is 5.56 Å². The number of nitriles is 1. The third-order valence-corrected chi connectivity index (χ3v) is 6.25. The van der Waals surface area contributed by atoms with Crippen LogP contribution in [0, 0.1) is 18.3 Å². The van der Waals surface area contributed by atoms with Crippen molar-refractivity contribution in [2.24, 2.45) is 0 Å². The van der Waals surface area contributed by atoms with Crippen molar-refractivity contribution < 1.29 is 22.1 Å². The Hall–Kier alpha value is -2.88. The number of piperidine rings is 1. The van der Waals surface area contributed by atoms with E-state index in [-0.39, 0.29) is 23.5 Å². The fraction of sp³-hybridized carbons (Fsp3) is 0.375. The van der Waals surface area contributed by atoms with Crippen LogP contribution in [0.4, 0.5) is 0 Å². The number of halogens is 1. The second kappa shape index (κ2) is 8.70. The molecule has 1 saturated heterocycles.